The smallest absolute Gasteiger partial charge is 0.230 e. The van der Waals surface area contributed by atoms with Crippen molar-refractivity contribution in [2.45, 2.75) is 37.5 Å². The number of hydrogen-bond acceptors (Lipinski definition) is 2. The minimum absolute atomic E-state index is 0.0129. The molecule has 1 amide bonds. The quantitative estimate of drug-likeness (QED) is 0.662. The highest BCUT2D eigenvalue weighted by molar-refractivity contribution is 5.89. The van der Waals surface area contributed by atoms with Crippen LogP contribution in [-0.4, -0.2) is 22.4 Å². The van der Waals surface area contributed by atoms with E-state index in [1.807, 2.05) is 30.3 Å². The number of carbonyl (C=O) groups is 1. The van der Waals surface area contributed by atoms with Crippen LogP contribution < -0.4 is 5.32 Å². The molecule has 1 saturated carbocycles. The standard InChI is InChI=1S/C21H22FN3O/c22-16-7-3-6-15(14-16)21(11-5-12-21)20(26)23-13-4-10-19-24-17-8-1-2-9-18(17)25-19/h1-3,6-9,14H,4-5,10-13H2,(H,23,26)(H,24,25). The lowest BCUT2D eigenvalue weighted by molar-refractivity contribution is -0.129. The molecule has 5 heteroatoms. The van der Waals surface area contributed by atoms with Gasteiger partial charge in [-0.1, -0.05) is 30.7 Å². The Morgan fingerprint density at radius 3 is 2.77 bits per heavy atom. The molecule has 2 N–H and O–H groups in total. The molecule has 1 heterocycles. The third-order valence-corrected chi connectivity index (χ3v) is 5.33. The molecule has 1 aliphatic carbocycles. The SMILES string of the molecule is O=C(NCCCc1nc2ccccc2[nH]1)C1(c2cccc(F)c2)CCC1. The predicted molar refractivity (Wildman–Crippen MR) is 99.4 cm³/mol. The number of imidazole rings is 1. The number of para-hydroxylation sites is 2. The Hall–Kier alpha value is -2.69. The second kappa shape index (κ2) is 6.90. The summed E-state index contributed by atoms with van der Waals surface area (Å²) in [4.78, 5) is 20.6. The maximum atomic E-state index is 13.6. The summed E-state index contributed by atoms with van der Waals surface area (Å²) in [5, 5.41) is 3.04. The van der Waals surface area contributed by atoms with Gasteiger partial charge in [-0.2, -0.15) is 0 Å². The molecule has 0 atom stereocenters. The van der Waals surface area contributed by atoms with Gasteiger partial charge in [0, 0.05) is 13.0 Å². The first-order chi connectivity index (χ1) is 12.7. The monoisotopic (exact) mass is 351 g/mol. The Bertz CT molecular complexity index is 897. The van der Waals surface area contributed by atoms with Gasteiger partial charge in [0.2, 0.25) is 5.91 Å². The first kappa shape index (κ1) is 16.8. The predicted octanol–water partition coefficient (Wildman–Crippen LogP) is 3.87. The van der Waals surface area contributed by atoms with Crippen molar-refractivity contribution in [2.24, 2.45) is 0 Å². The number of hydrogen-bond donors (Lipinski definition) is 2. The lowest BCUT2D eigenvalue weighted by Gasteiger charge is -2.40. The molecule has 0 aliphatic heterocycles. The zero-order valence-corrected chi connectivity index (χ0v) is 14.6. The number of rotatable bonds is 6. The molecule has 4 nitrogen and oxygen atoms in total. The summed E-state index contributed by atoms with van der Waals surface area (Å²) in [7, 11) is 0. The topological polar surface area (TPSA) is 57.8 Å². The van der Waals surface area contributed by atoms with E-state index in [0.29, 0.717) is 6.54 Å². The first-order valence-electron chi connectivity index (χ1n) is 9.15. The van der Waals surface area contributed by atoms with Crippen molar-refractivity contribution >= 4 is 16.9 Å². The molecule has 1 aliphatic rings. The Morgan fingerprint density at radius 2 is 2.04 bits per heavy atom. The maximum Gasteiger partial charge on any atom is 0.230 e. The lowest BCUT2D eigenvalue weighted by atomic mass is 9.64. The van der Waals surface area contributed by atoms with Crippen LogP contribution in [0.3, 0.4) is 0 Å². The summed E-state index contributed by atoms with van der Waals surface area (Å²) in [5.41, 5.74) is 2.23. The summed E-state index contributed by atoms with van der Waals surface area (Å²) >= 11 is 0. The minimum atomic E-state index is -0.554. The molecular formula is C21H22FN3O. The zero-order chi connectivity index (χ0) is 18.0. The second-order valence-electron chi connectivity index (χ2n) is 7.01. The number of nitrogens with zero attached hydrogens (tertiary/aromatic N) is 1. The zero-order valence-electron chi connectivity index (χ0n) is 14.6. The molecule has 4 rings (SSSR count). The van der Waals surface area contributed by atoms with E-state index < -0.39 is 5.41 Å². The van der Waals surface area contributed by atoms with Gasteiger partial charge in [0.05, 0.1) is 16.4 Å². The van der Waals surface area contributed by atoms with E-state index >= 15 is 0 Å². The molecule has 0 spiro atoms. The van der Waals surface area contributed by atoms with E-state index in [1.165, 1.54) is 12.1 Å². The van der Waals surface area contributed by atoms with E-state index in [0.717, 1.165) is 54.5 Å². The fourth-order valence-electron chi connectivity index (χ4n) is 3.71. The Balaban J connectivity index is 1.34. The highest BCUT2D eigenvalue weighted by atomic mass is 19.1. The van der Waals surface area contributed by atoms with Crippen molar-refractivity contribution in [3.05, 3.63) is 65.7 Å². The number of carbonyl (C=O) groups excluding carboxylic acids is 1. The number of benzene rings is 2. The van der Waals surface area contributed by atoms with E-state index in [9.17, 15) is 9.18 Å². The Kier molecular flexibility index (Phi) is 4.45. The molecule has 2 aromatic carbocycles. The van der Waals surface area contributed by atoms with Crippen LogP contribution in [0.15, 0.2) is 48.5 Å². The van der Waals surface area contributed by atoms with Crippen LogP contribution in [0.5, 0.6) is 0 Å². The number of halogens is 1. The third kappa shape index (κ3) is 3.09. The first-order valence-corrected chi connectivity index (χ1v) is 9.15. The highest BCUT2D eigenvalue weighted by Crippen LogP contribution is 2.44. The summed E-state index contributed by atoms with van der Waals surface area (Å²) in [6, 6.07) is 14.4. The van der Waals surface area contributed by atoms with Crippen LogP contribution in [0.4, 0.5) is 4.39 Å². The normalized spacial score (nSPS) is 15.6. The highest BCUT2D eigenvalue weighted by Gasteiger charge is 2.45. The number of aromatic amines is 1. The van der Waals surface area contributed by atoms with E-state index in [2.05, 4.69) is 15.3 Å². The maximum absolute atomic E-state index is 13.6. The molecule has 0 saturated heterocycles. The third-order valence-electron chi connectivity index (χ3n) is 5.33. The molecule has 0 radical (unpaired) electrons. The Morgan fingerprint density at radius 1 is 1.19 bits per heavy atom. The van der Waals surface area contributed by atoms with Gasteiger partial charge in [-0.15, -0.1) is 0 Å². The van der Waals surface area contributed by atoms with Crippen molar-refractivity contribution in [3.8, 4) is 0 Å². The van der Waals surface area contributed by atoms with Gasteiger partial charge in [0.15, 0.2) is 0 Å². The van der Waals surface area contributed by atoms with Gasteiger partial charge in [-0.3, -0.25) is 4.79 Å². The fraction of sp³-hybridized carbons (Fsp3) is 0.333. The van der Waals surface area contributed by atoms with Crippen molar-refractivity contribution in [2.75, 3.05) is 6.54 Å². The van der Waals surface area contributed by atoms with Crippen LogP contribution in [0, 0.1) is 5.82 Å². The molecule has 3 aromatic rings. The van der Waals surface area contributed by atoms with Crippen LogP contribution in [0.1, 0.15) is 37.1 Å². The van der Waals surface area contributed by atoms with Crippen LogP contribution in [-0.2, 0) is 16.6 Å². The van der Waals surface area contributed by atoms with Gasteiger partial charge >= 0.3 is 0 Å². The van der Waals surface area contributed by atoms with Crippen LogP contribution in [0.25, 0.3) is 11.0 Å². The van der Waals surface area contributed by atoms with Crippen molar-refractivity contribution in [1.29, 1.82) is 0 Å². The molecule has 0 bridgehead atoms. The number of aromatic nitrogens is 2. The number of nitrogens with one attached hydrogen (secondary N) is 2. The molecule has 134 valence electrons. The average Bonchev–Trinajstić information content (AvgIpc) is 3.01. The van der Waals surface area contributed by atoms with Gasteiger partial charge in [-0.25, -0.2) is 9.37 Å². The van der Waals surface area contributed by atoms with Crippen molar-refractivity contribution < 1.29 is 9.18 Å². The van der Waals surface area contributed by atoms with Crippen LogP contribution >= 0.6 is 0 Å². The van der Waals surface area contributed by atoms with Gasteiger partial charge < -0.3 is 10.3 Å². The molecule has 26 heavy (non-hydrogen) atoms. The van der Waals surface area contributed by atoms with E-state index in [-0.39, 0.29) is 11.7 Å². The van der Waals surface area contributed by atoms with Crippen LogP contribution in [0.2, 0.25) is 0 Å². The fourth-order valence-corrected chi connectivity index (χ4v) is 3.71. The van der Waals surface area contributed by atoms with E-state index in [4.69, 9.17) is 0 Å². The number of amides is 1. The molecule has 1 aromatic heterocycles. The number of fused-ring (bicyclic) bond motifs is 1. The van der Waals surface area contributed by atoms with Gasteiger partial charge in [-0.05, 0) is 49.1 Å². The summed E-state index contributed by atoms with van der Waals surface area (Å²) in [5.74, 6) is 0.661. The largest absolute Gasteiger partial charge is 0.355 e. The molecular weight excluding hydrogens is 329 g/mol. The summed E-state index contributed by atoms with van der Waals surface area (Å²) in [6.45, 7) is 0.590. The van der Waals surface area contributed by atoms with Gasteiger partial charge in [0.1, 0.15) is 11.6 Å². The molecule has 1 fully saturated rings. The van der Waals surface area contributed by atoms with Crippen molar-refractivity contribution in [1.82, 2.24) is 15.3 Å². The van der Waals surface area contributed by atoms with Crippen molar-refractivity contribution in [3.63, 3.8) is 0 Å². The lowest BCUT2D eigenvalue weighted by Crippen LogP contribution is -2.49. The second-order valence-corrected chi connectivity index (χ2v) is 7.01. The number of H-pyrrole nitrogens is 1. The Labute approximate surface area is 151 Å². The minimum Gasteiger partial charge on any atom is -0.355 e. The average molecular weight is 351 g/mol. The van der Waals surface area contributed by atoms with Gasteiger partial charge in [0.25, 0.3) is 0 Å². The van der Waals surface area contributed by atoms with E-state index in [1.54, 1.807) is 6.07 Å². The summed E-state index contributed by atoms with van der Waals surface area (Å²) in [6.07, 6.45) is 4.16. The summed E-state index contributed by atoms with van der Waals surface area (Å²) < 4.78 is 13.6. The molecule has 0 unspecified atom stereocenters. The number of aryl methyl sites for hydroxylation is 1.